The van der Waals surface area contributed by atoms with E-state index in [0.29, 0.717) is 0 Å². The maximum atomic E-state index is 2.38. The molecule has 12 rings (SSSR count). The molecule has 6 nitrogen and oxygen atoms in total. The fourth-order valence-corrected chi connectivity index (χ4v) is 8.33. The van der Waals surface area contributed by atoms with Gasteiger partial charge in [0.15, 0.2) is 18.6 Å². The number of para-hydroxylation sites is 3. The van der Waals surface area contributed by atoms with E-state index < -0.39 is 0 Å². The molecule has 0 radical (unpaired) electrons. The summed E-state index contributed by atoms with van der Waals surface area (Å²) in [6.45, 7) is 4.80. The SMILES string of the molecule is C1=[N+](c2ccccc2)Cn2c1ccc2-c1cccc2ccccc12.C1=[N+](c2ccccc2)Cn2c1ccc2-c1ccccc1.Cc1ccc2n1C[N+](c1ccccc1)=C2. The Morgan fingerprint density at radius 3 is 1.34 bits per heavy atom. The first-order valence-electron chi connectivity index (χ1n) is 20.2. The van der Waals surface area contributed by atoms with Crippen LogP contribution in [0, 0.1) is 6.92 Å². The fraction of sp³-hybridized carbons (Fsp3) is 0.0755. The number of fused-ring (bicyclic) bond motifs is 4. The highest BCUT2D eigenvalue weighted by Gasteiger charge is 2.25. The largest absolute Gasteiger partial charge is 0.284 e. The molecule has 0 saturated carbocycles. The van der Waals surface area contributed by atoms with Crippen LogP contribution in [0.3, 0.4) is 0 Å². The van der Waals surface area contributed by atoms with Gasteiger partial charge in [0.05, 0.1) is 11.4 Å². The molecule has 3 aromatic heterocycles. The molecule has 0 bridgehead atoms. The third-order valence-corrected chi connectivity index (χ3v) is 11.4. The maximum Gasteiger partial charge on any atom is 0.228 e. The predicted octanol–water partition coefficient (Wildman–Crippen LogP) is 11.5. The first-order valence-corrected chi connectivity index (χ1v) is 20.2. The van der Waals surface area contributed by atoms with Gasteiger partial charge in [0.25, 0.3) is 0 Å². The molecule has 6 aromatic carbocycles. The average Bonchev–Trinajstić information content (AvgIpc) is 4.16. The van der Waals surface area contributed by atoms with Crippen LogP contribution in [0.2, 0.25) is 0 Å². The summed E-state index contributed by atoms with van der Waals surface area (Å²) in [6.07, 6.45) is 6.63. The molecule has 284 valence electrons. The molecule has 0 saturated heterocycles. The summed E-state index contributed by atoms with van der Waals surface area (Å²) >= 11 is 0. The molecule has 6 heteroatoms. The molecule has 3 aliphatic rings. The lowest BCUT2D eigenvalue weighted by atomic mass is 10.0. The van der Waals surface area contributed by atoms with Gasteiger partial charge < -0.3 is 0 Å². The molecule has 9 aromatic rings. The minimum Gasteiger partial charge on any atom is -0.284 e. The van der Waals surface area contributed by atoms with E-state index in [9.17, 15) is 0 Å². The van der Waals surface area contributed by atoms with E-state index in [1.54, 1.807) is 0 Å². The Morgan fingerprint density at radius 1 is 0.356 bits per heavy atom. The van der Waals surface area contributed by atoms with E-state index in [4.69, 9.17) is 0 Å². The van der Waals surface area contributed by atoms with Crippen LogP contribution in [0.25, 0.3) is 33.3 Å². The molecule has 0 atom stereocenters. The summed E-state index contributed by atoms with van der Waals surface area (Å²) in [5.74, 6) is 0. The minimum absolute atomic E-state index is 0.852. The Labute approximate surface area is 345 Å². The van der Waals surface area contributed by atoms with Gasteiger partial charge in [0.1, 0.15) is 17.1 Å². The zero-order valence-electron chi connectivity index (χ0n) is 33.1. The van der Waals surface area contributed by atoms with Crippen molar-refractivity contribution in [2.75, 3.05) is 0 Å². The van der Waals surface area contributed by atoms with Gasteiger partial charge in [-0.3, -0.25) is 13.7 Å². The summed E-state index contributed by atoms with van der Waals surface area (Å²) in [4.78, 5) is 0. The molecule has 0 spiro atoms. The van der Waals surface area contributed by atoms with E-state index in [-0.39, 0.29) is 0 Å². The van der Waals surface area contributed by atoms with Gasteiger partial charge in [-0.1, -0.05) is 127 Å². The number of nitrogens with zero attached hydrogens (tertiary/aromatic N) is 6. The highest BCUT2D eigenvalue weighted by molar-refractivity contribution is 5.96. The van der Waals surface area contributed by atoms with E-state index >= 15 is 0 Å². The van der Waals surface area contributed by atoms with Gasteiger partial charge in [-0.25, -0.2) is 0 Å². The topological polar surface area (TPSA) is 23.8 Å². The van der Waals surface area contributed by atoms with Crippen LogP contribution >= 0.6 is 0 Å². The van der Waals surface area contributed by atoms with Crippen molar-refractivity contribution in [3.8, 4) is 22.5 Å². The molecule has 3 aliphatic heterocycles. The summed E-state index contributed by atoms with van der Waals surface area (Å²) in [6, 6.07) is 70.3. The van der Waals surface area contributed by atoms with Crippen LogP contribution in [0.4, 0.5) is 17.1 Å². The normalized spacial score (nSPS) is 13.3. The number of hydrogen-bond donors (Lipinski definition) is 0. The summed E-state index contributed by atoms with van der Waals surface area (Å²) in [5, 5.41) is 2.59. The fourth-order valence-electron chi connectivity index (χ4n) is 8.33. The number of hydrogen-bond acceptors (Lipinski definition) is 0. The Kier molecular flexibility index (Phi) is 9.57. The molecule has 0 N–H and O–H groups in total. The summed E-state index contributed by atoms with van der Waals surface area (Å²) < 4.78 is 13.9. The maximum absolute atomic E-state index is 2.38. The molecule has 0 aliphatic carbocycles. The first kappa shape index (κ1) is 35.8. The number of aryl methyl sites for hydroxylation is 1. The third-order valence-electron chi connectivity index (χ3n) is 11.4. The van der Waals surface area contributed by atoms with Crippen LogP contribution in [0.15, 0.2) is 200 Å². The van der Waals surface area contributed by atoms with E-state index in [1.165, 1.54) is 73.1 Å². The van der Waals surface area contributed by atoms with Crippen molar-refractivity contribution in [2.24, 2.45) is 0 Å². The van der Waals surface area contributed by atoms with Gasteiger partial charge >= 0.3 is 0 Å². The molecular weight excluding hydrogens is 721 g/mol. The Bertz CT molecular complexity index is 3000. The zero-order chi connectivity index (χ0) is 39.5. The summed E-state index contributed by atoms with van der Waals surface area (Å²) in [5.41, 5.74) is 13.9. The van der Waals surface area contributed by atoms with Crippen molar-refractivity contribution in [1.82, 2.24) is 13.7 Å². The van der Waals surface area contributed by atoms with E-state index in [2.05, 4.69) is 247 Å². The van der Waals surface area contributed by atoms with Gasteiger partial charge in [-0.15, -0.1) is 0 Å². The van der Waals surface area contributed by atoms with Crippen LogP contribution in [0.5, 0.6) is 0 Å². The molecule has 0 unspecified atom stereocenters. The van der Waals surface area contributed by atoms with Gasteiger partial charge in [-0.05, 0) is 59.7 Å². The van der Waals surface area contributed by atoms with Crippen LogP contribution in [0.1, 0.15) is 22.8 Å². The second kappa shape index (κ2) is 15.8. The van der Waals surface area contributed by atoms with Crippen LogP contribution < -0.4 is 0 Å². The van der Waals surface area contributed by atoms with Crippen molar-refractivity contribution in [2.45, 2.75) is 26.9 Å². The highest BCUT2D eigenvalue weighted by Crippen LogP contribution is 2.32. The Balaban J connectivity index is 0.000000110. The predicted molar refractivity (Wildman–Crippen MR) is 241 cm³/mol. The quantitative estimate of drug-likeness (QED) is 0.156. The molecule has 59 heavy (non-hydrogen) atoms. The van der Waals surface area contributed by atoms with E-state index in [0.717, 1.165) is 20.0 Å². The van der Waals surface area contributed by atoms with Gasteiger partial charge in [0.2, 0.25) is 37.1 Å². The molecule has 6 heterocycles. The van der Waals surface area contributed by atoms with Crippen molar-refractivity contribution < 1.29 is 13.7 Å². The second-order valence-electron chi connectivity index (χ2n) is 15.1. The van der Waals surface area contributed by atoms with Gasteiger partial charge in [-0.2, -0.15) is 13.7 Å². The summed E-state index contributed by atoms with van der Waals surface area (Å²) in [7, 11) is 0. The molecule has 0 amide bonds. The lowest BCUT2D eigenvalue weighted by molar-refractivity contribution is -0.463. The van der Waals surface area contributed by atoms with Gasteiger partial charge in [0, 0.05) is 47.7 Å². The van der Waals surface area contributed by atoms with Crippen molar-refractivity contribution in [3.63, 3.8) is 0 Å². The third kappa shape index (κ3) is 7.17. The van der Waals surface area contributed by atoms with Crippen molar-refractivity contribution >= 4 is 46.5 Å². The standard InChI is InChI=1S/C22H17N2.C18H15N2.C13H13N2/c1-2-9-18(10-3-1)23-15-19-13-14-22(24(19)16-23)21-12-6-8-17-7-4-5-11-20(17)21;1-3-7-15(8-4-1)18-12-11-17-13-19(14-20(17)18)16-9-5-2-6-10-16;1-11-7-8-13-9-14(10-15(11)13)12-5-3-2-4-6-12/h1-15H,16H2;1-13H,14H2;2-9H,10H2,1H3/q3*+1. The minimum atomic E-state index is 0.852. The first-order chi connectivity index (χ1) is 29.2. The lowest BCUT2D eigenvalue weighted by Gasteiger charge is -2.09. The second-order valence-corrected chi connectivity index (χ2v) is 15.1. The molecule has 0 fully saturated rings. The van der Waals surface area contributed by atoms with Crippen LogP contribution in [-0.4, -0.2) is 46.1 Å². The Morgan fingerprint density at radius 2 is 0.780 bits per heavy atom. The molecular formula is C53H45N6+3. The van der Waals surface area contributed by atoms with E-state index in [1.807, 2.05) is 6.07 Å². The van der Waals surface area contributed by atoms with Crippen molar-refractivity contribution in [3.05, 3.63) is 223 Å². The highest BCUT2D eigenvalue weighted by atomic mass is 15.2. The zero-order valence-corrected chi connectivity index (χ0v) is 33.1. The Hall–Kier alpha value is -7.57. The smallest absolute Gasteiger partial charge is 0.228 e. The van der Waals surface area contributed by atoms with Crippen LogP contribution in [-0.2, 0) is 20.0 Å². The number of rotatable bonds is 5. The number of benzene rings is 6. The number of aromatic nitrogens is 3. The lowest BCUT2D eigenvalue weighted by Crippen LogP contribution is -2.05. The average molecular weight is 766 g/mol. The monoisotopic (exact) mass is 765 g/mol. The van der Waals surface area contributed by atoms with Crippen molar-refractivity contribution in [1.29, 1.82) is 0 Å².